The van der Waals surface area contributed by atoms with Crippen LogP contribution in [0.5, 0.6) is 0 Å². The van der Waals surface area contributed by atoms with Gasteiger partial charge in [0.1, 0.15) is 0 Å². The number of likely N-dealkylation sites (tertiary alicyclic amines) is 1. The molecule has 0 spiro atoms. The molecule has 0 bridgehead atoms. The van der Waals surface area contributed by atoms with Crippen LogP contribution in [0.3, 0.4) is 0 Å². The van der Waals surface area contributed by atoms with Crippen LogP contribution in [0.15, 0.2) is 0 Å². The summed E-state index contributed by atoms with van der Waals surface area (Å²) in [6, 6.07) is 0. The zero-order chi connectivity index (χ0) is 7.40. The molecule has 0 atom stereocenters. The first-order valence-corrected chi connectivity index (χ1v) is 3.89. The van der Waals surface area contributed by atoms with Crippen LogP contribution in [0.4, 0.5) is 0 Å². The Hall–Kier alpha value is -0.120. The number of rotatable bonds is 2. The Balaban J connectivity index is 2.17. The van der Waals surface area contributed by atoms with Crippen LogP contribution in [0.25, 0.3) is 0 Å². The fourth-order valence-corrected chi connectivity index (χ4v) is 1.33. The molecule has 1 rings (SSSR count). The standard InChI is InChI=1S/C7H15NO2/c1-2-8-5-3-7(10-9)4-6-8/h7,9H,2-6H2,1H3. The minimum atomic E-state index is 0.0859. The third kappa shape index (κ3) is 1.94. The number of hydrogen-bond donors (Lipinski definition) is 1. The zero-order valence-electron chi connectivity index (χ0n) is 6.42. The smallest absolute Gasteiger partial charge is 0.0951 e. The summed E-state index contributed by atoms with van der Waals surface area (Å²) < 4.78 is 0. The molecule has 3 heteroatoms. The van der Waals surface area contributed by atoms with Crippen molar-refractivity contribution in [3.8, 4) is 0 Å². The normalized spacial score (nSPS) is 23.4. The van der Waals surface area contributed by atoms with Crippen LogP contribution < -0.4 is 0 Å². The Morgan fingerprint density at radius 1 is 1.50 bits per heavy atom. The van der Waals surface area contributed by atoms with Gasteiger partial charge in [-0.05, 0) is 19.4 Å². The molecule has 1 fully saturated rings. The highest BCUT2D eigenvalue weighted by Gasteiger charge is 2.17. The molecule has 0 aliphatic carbocycles. The van der Waals surface area contributed by atoms with Gasteiger partial charge in [-0.15, -0.1) is 0 Å². The summed E-state index contributed by atoms with van der Waals surface area (Å²) in [5.74, 6) is 0. The maximum Gasteiger partial charge on any atom is 0.0951 e. The maximum atomic E-state index is 8.33. The molecule has 1 saturated heterocycles. The van der Waals surface area contributed by atoms with Crippen molar-refractivity contribution >= 4 is 0 Å². The molecule has 1 heterocycles. The van der Waals surface area contributed by atoms with Crippen molar-refractivity contribution in [3.63, 3.8) is 0 Å². The maximum absolute atomic E-state index is 8.33. The van der Waals surface area contributed by atoms with Crippen molar-refractivity contribution in [2.45, 2.75) is 25.9 Å². The van der Waals surface area contributed by atoms with Gasteiger partial charge in [-0.3, -0.25) is 5.26 Å². The number of nitrogens with zero attached hydrogens (tertiary/aromatic N) is 1. The summed E-state index contributed by atoms with van der Waals surface area (Å²) in [5.41, 5.74) is 0. The number of hydrogen-bond acceptors (Lipinski definition) is 3. The molecular formula is C7H15NO2. The van der Waals surface area contributed by atoms with Crippen molar-refractivity contribution in [2.24, 2.45) is 0 Å². The highest BCUT2D eigenvalue weighted by molar-refractivity contribution is 4.70. The van der Waals surface area contributed by atoms with Crippen LogP contribution in [0.1, 0.15) is 19.8 Å². The lowest BCUT2D eigenvalue weighted by Crippen LogP contribution is -2.36. The summed E-state index contributed by atoms with van der Waals surface area (Å²) >= 11 is 0. The van der Waals surface area contributed by atoms with Crippen molar-refractivity contribution in [2.75, 3.05) is 19.6 Å². The van der Waals surface area contributed by atoms with Crippen molar-refractivity contribution < 1.29 is 10.1 Å². The average molecular weight is 145 g/mol. The summed E-state index contributed by atoms with van der Waals surface area (Å²) in [4.78, 5) is 6.61. The van der Waals surface area contributed by atoms with Crippen LogP contribution in [-0.2, 0) is 4.89 Å². The largest absolute Gasteiger partial charge is 0.303 e. The van der Waals surface area contributed by atoms with Gasteiger partial charge in [0.25, 0.3) is 0 Å². The first-order valence-electron chi connectivity index (χ1n) is 3.89. The molecule has 1 aliphatic rings. The fourth-order valence-electron chi connectivity index (χ4n) is 1.33. The molecule has 0 unspecified atom stereocenters. The third-order valence-corrected chi connectivity index (χ3v) is 2.13. The van der Waals surface area contributed by atoms with E-state index >= 15 is 0 Å². The van der Waals surface area contributed by atoms with E-state index in [4.69, 9.17) is 5.26 Å². The molecule has 1 N–H and O–H groups in total. The van der Waals surface area contributed by atoms with E-state index in [1.165, 1.54) is 0 Å². The zero-order valence-corrected chi connectivity index (χ0v) is 6.42. The molecular weight excluding hydrogens is 130 g/mol. The predicted molar refractivity (Wildman–Crippen MR) is 38.8 cm³/mol. The van der Waals surface area contributed by atoms with Crippen molar-refractivity contribution in [3.05, 3.63) is 0 Å². The lowest BCUT2D eigenvalue weighted by Gasteiger charge is -2.28. The summed E-state index contributed by atoms with van der Waals surface area (Å²) in [7, 11) is 0. The van der Waals surface area contributed by atoms with Gasteiger partial charge < -0.3 is 4.90 Å². The van der Waals surface area contributed by atoms with E-state index in [9.17, 15) is 0 Å². The molecule has 60 valence electrons. The molecule has 1 aliphatic heterocycles. The third-order valence-electron chi connectivity index (χ3n) is 2.13. The molecule has 0 amide bonds. The average Bonchev–Trinajstić information content (AvgIpc) is 2.05. The molecule has 0 aromatic heterocycles. The van der Waals surface area contributed by atoms with Gasteiger partial charge in [0.15, 0.2) is 0 Å². The minimum Gasteiger partial charge on any atom is -0.303 e. The Labute approximate surface area is 61.5 Å². The second-order valence-corrected chi connectivity index (χ2v) is 2.74. The van der Waals surface area contributed by atoms with Gasteiger partial charge in [0, 0.05) is 13.1 Å². The second kappa shape index (κ2) is 3.91. The van der Waals surface area contributed by atoms with E-state index in [-0.39, 0.29) is 6.10 Å². The minimum absolute atomic E-state index is 0.0859. The number of piperidine rings is 1. The molecule has 0 saturated carbocycles. The Bertz CT molecular complexity index is 77.6. The SMILES string of the molecule is CCN1CCC(OO)CC1. The lowest BCUT2D eigenvalue weighted by atomic mass is 10.1. The van der Waals surface area contributed by atoms with Gasteiger partial charge in [-0.2, -0.15) is 0 Å². The Kier molecular flexibility index (Phi) is 3.12. The van der Waals surface area contributed by atoms with E-state index in [0.29, 0.717) is 0 Å². The summed E-state index contributed by atoms with van der Waals surface area (Å²) in [6.45, 7) is 5.38. The second-order valence-electron chi connectivity index (χ2n) is 2.74. The summed E-state index contributed by atoms with van der Waals surface area (Å²) in [5, 5.41) is 8.33. The van der Waals surface area contributed by atoms with E-state index in [2.05, 4.69) is 16.7 Å². The van der Waals surface area contributed by atoms with Gasteiger partial charge in [-0.25, -0.2) is 4.89 Å². The molecule has 3 nitrogen and oxygen atoms in total. The van der Waals surface area contributed by atoms with E-state index in [1.54, 1.807) is 0 Å². The molecule has 0 aromatic carbocycles. The van der Waals surface area contributed by atoms with Gasteiger partial charge >= 0.3 is 0 Å². The van der Waals surface area contributed by atoms with Crippen LogP contribution in [-0.4, -0.2) is 35.9 Å². The first-order chi connectivity index (χ1) is 4.86. The van der Waals surface area contributed by atoms with Gasteiger partial charge in [0.2, 0.25) is 0 Å². The van der Waals surface area contributed by atoms with Gasteiger partial charge in [0.05, 0.1) is 6.10 Å². The lowest BCUT2D eigenvalue weighted by molar-refractivity contribution is -0.285. The Morgan fingerprint density at radius 3 is 2.50 bits per heavy atom. The molecule has 0 aromatic rings. The van der Waals surface area contributed by atoms with Crippen LogP contribution in [0.2, 0.25) is 0 Å². The molecule has 10 heavy (non-hydrogen) atoms. The predicted octanol–water partition coefficient (Wildman–Crippen LogP) is 0.960. The Morgan fingerprint density at radius 2 is 2.10 bits per heavy atom. The van der Waals surface area contributed by atoms with E-state index in [0.717, 1.165) is 32.5 Å². The quantitative estimate of drug-likeness (QED) is 0.464. The topological polar surface area (TPSA) is 32.7 Å². The molecule has 0 radical (unpaired) electrons. The summed E-state index contributed by atoms with van der Waals surface area (Å²) in [6.07, 6.45) is 2.01. The van der Waals surface area contributed by atoms with Crippen LogP contribution in [0, 0.1) is 0 Å². The van der Waals surface area contributed by atoms with E-state index < -0.39 is 0 Å². The van der Waals surface area contributed by atoms with E-state index in [1.807, 2.05) is 0 Å². The van der Waals surface area contributed by atoms with Gasteiger partial charge in [-0.1, -0.05) is 6.92 Å². The van der Waals surface area contributed by atoms with Crippen molar-refractivity contribution in [1.29, 1.82) is 0 Å². The first kappa shape index (κ1) is 7.98. The highest BCUT2D eigenvalue weighted by atomic mass is 17.1. The monoisotopic (exact) mass is 145 g/mol. The fraction of sp³-hybridized carbons (Fsp3) is 1.00. The van der Waals surface area contributed by atoms with Crippen molar-refractivity contribution in [1.82, 2.24) is 4.90 Å². The van der Waals surface area contributed by atoms with Crippen LogP contribution >= 0.6 is 0 Å². The highest BCUT2D eigenvalue weighted by Crippen LogP contribution is 2.11.